The van der Waals surface area contributed by atoms with Crippen molar-refractivity contribution in [3.63, 3.8) is 0 Å². The van der Waals surface area contributed by atoms with Crippen molar-refractivity contribution in [2.45, 2.75) is 25.8 Å². The Kier molecular flexibility index (Phi) is 4.66. The molecule has 2 unspecified atom stereocenters. The lowest BCUT2D eigenvalue weighted by Gasteiger charge is -2.35. The molecule has 0 bridgehead atoms. The minimum atomic E-state index is -0.144. The van der Waals surface area contributed by atoms with Crippen LogP contribution in [-0.4, -0.2) is 19.0 Å². The van der Waals surface area contributed by atoms with Gasteiger partial charge in [0.1, 0.15) is 5.82 Å². The molecule has 1 aliphatic heterocycles. The van der Waals surface area contributed by atoms with E-state index in [9.17, 15) is 9.18 Å². The Morgan fingerprint density at radius 2 is 2.15 bits per heavy atom. The second kappa shape index (κ2) is 6.10. The van der Waals surface area contributed by atoms with Crippen molar-refractivity contribution in [2.75, 3.05) is 13.1 Å². The van der Waals surface area contributed by atoms with Crippen molar-refractivity contribution in [2.24, 2.45) is 11.8 Å². The van der Waals surface area contributed by atoms with Crippen LogP contribution in [0.25, 0.3) is 0 Å². The van der Waals surface area contributed by atoms with Gasteiger partial charge in [0, 0.05) is 13.1 Å². The number of hydrogen-bond donors (Lipinski definition) is 2. The van der Waals surface area contributed by atoms with Crippen LogP contribution in [0.1, 0.15) is 30.5 Å². The fourth-order valence-electron chi connectivity index (χ4n) is 2.94. The van der Waals surface area contributed by atoms with Gasteiger partial charge in [0.15, 0.2) is 0 Å². The van der Waals surface area contributed by atoms with Gasteiger partial charge < -0.3 is 10.6 Å². The molecule has 1 heterocycles. The Morgan fingerprint density at radius 1 is 1.40 bits per heavy atom. The average Bonchev–Trinajstić information content (AvgIpc) is 2.31. The van der Waals surface area contributed by atoms with Gasteiger partial charge in [-0.25, -0.2) is 4.39 Å². The van der Waals surface area contributed by atoms with E-state index in [4.69, 9.17) is 0 Å². The highest BCUT2D eigenvalue weighted by molar-refractivity contribution is 5.85. The molecule has 0 spiro atoms. The van der Waals surface area contributed by atoms with E-state index < -0.39 is 0 Å². The molecule has 0 saturated carbocycles. The number of fused-ring (bicyclic) bond motifs is 1. The van der Waals surface area contributed by atoms with Gasteiger partial charge in [0.05, 0.1) is 12.0 Å². The van der Waals surface area contributed by atoms with E-state index in [1.165, 1.54) is 6.07 Å². The zero-order valence-electron chi connectivity index (χ0n) is 11.5. The van der Waals surface area contributed by atoms with Crippen LogP contribution in [0.3, 0.4) is 0 Å². The topological polar surface area (TPSA) is 41.1 Å². The molecule has 1 fully saturated rings. The number of carbonyl (C=O) groups excluding carboxylic acids is 1. The average molecular weight is 299 g/mol. The van der Waals surface area contributed by atoms with Crippen molar-refractivity contribution in [3.05, 3.63) is 35.1 Å². The van der Waals surface area contributed by atoms with Crippen LogP contribution in [0.4, 0.5) is 4.39 Å². The first-order valence-electron chi connectivity index (χ1n) is 6.95. The minimum absolute atomic E-state index is 0. The third-order valence-corrected chi connectivity index (χ3v) is 4.36. The third-order valence-electron chi connectivity index (χ3n) is 4.36. The third kappa shape index (κ3) is 2.67. The molecule has 1 aliphatic carbocycles. The summed E-state index contributed by atoms with van der Waals surface area (Å²) in [5.74, 6) is 0.374. The van der Waals surface area contributed by atoms with E-state index in [0.29, 0.717) is 5.92 Å². The van der Waals surface area contributed by atoms with E-state index >= 15 is 0 Å². The monoisotopic (exact) mass is 298 g/mol. The summed E-state index contributed by atoms with van der Waals surface area (Å²) in [7, 11) is 0. The molecule has 1 saturated heterocycles. The number of halogens is 2. The quantitative estimate of drug-likeness (QED) is 0.879. The van der Waals surface area contributed by atoms with Gasteiger partial charge in [0.2, 0.25) is 5.91 Å². The number of nitrogens with one attached hydrogen (secondary N) is 2. The molecule has 20 heavy (non-hydrogen) atoms. The maximum atomic E-state index is 13.8. The Balaban J connectivity index is 0.00000147. The minimum Gasteiger partial charge on any atom is -0.349 e. The number of rotatable bonds is 2. The van der Waals surface area contributed by atoms with Crippen molar-refractivity contribution in [3.8, 4) is 0 Å². The molecule has 2 atom stereocenters. The van der Waals surface area contributed by atoms with E-state index in [0.717, 1.165) is 37.1 Å². The fourth-order valence-corrected chi connectivity index (χ4v) is 2.94. The summed E-state index contributed by atoms with van der Waals surface area (Å²) >= 11 is 0. The predicted octanol–water partition coefficient (Wildman–Crippen LogP) is 2.21. The first kappa shape index (κ1) is 15.3. The number of benzene rings is 1. The van der Waals surface area contributed by atoms with Crippen molar-refractivity contribution in [1.82, 2.24) is 10.6 Å². The maximum absolute atomic E-state index is 13.8. The Hall–Kier alpha value is -1.13. The molecule has 2 N–H and O–H groups in total. The molecule has 0 radical (unpaired) electrons. The van der Waals surface area contributed by atoms with Crippen molar-refractivity contribution < 1.29 is 9.18 Å². The Labute approximate surface area is 124 Å². The largest absolute Gasteiger partial charge is 0.349 e. The summed E-state index contributed by atoms with van der Waals surface area (Å²) in [6, 6.07) is 5.13. The zero-order chi connectivity index (χ0) is 13.4. The molecular weight excluding hydrogens is 279 g/mol. The predicted molar refractivity (Wildman–Crippen MR) is 78.4 cm³/mol. The van der Waals surface area contributed by atoms with Gasteiger partial charge in [0.25, 0.3) is 0 Å². The summed E-state index contributed by atoms with van der Waals surface area (Å²) < 4.78 is 13.8. The van der Waals surface area contributed by atoms with Crippen LogP contribution >= 0.6 is 12.4 Å². The normalized spacial score (nSPS) is 25.1. The van der Waals surface area contributed by atoms with Crippen LogP contribution in [0.5, 0.6) is 0 Å². The first-order chi connectivity index (χ1) is 9.16. The molecule has 2 aliphatic rings. The standard InChI is InChI=1S/C15H19FN2O.ClH/c1-9-5-6-11-12(3-2-4-13(11)16)14(9)18-15(19)10-7-17-8-10;/h2-4,9-10,14,17H,5-8H2,1H3,(H,18,19);1H. The van der Waals surface area contributed by atoms with Crippen LogP contribution < -0.4 is 10.6 Å². The number of amides is 1. The molecule has 1 aromatic rings. The Bertz CT molecular complexity index is 505. The van der Waals surface area contributed by atoms with Crippen molar-refractivity contribution in [1.29, 1.82) is 0 Å². The molecular formula is C15H20ClFN2O. The summed E-state index contributed by atoms with van der Waals surface area (Å²) in [5.41, 5.74) is 1.73. The highest BCUT2D eigenvalue weighted by atomic mass is 35.5. The Morgan fingerprint density at radius 3 is 2.80 bits per heavy atom. The molecule has 3 nitrogen and oxygen atoms in total. The second-order valence-electron chi connectivity index (χ2n) is 5.67. The molecule has 3 rings (SSSR count). The van der Waals surface area contributed by atoms with E-state index in [1.807, 2.05) is 6.07 Å². The summed E-state index contributed by atoms with van der Waals surface area (Å²) in [6.07, 6.45) is 1.68. The number of hydrogen-bond acceptors (Lipinski definition) is 2. The molecule has 110 valence electrons. The van der Waals surface area contributed by atoms with Crippen LogP contribution in [0.15, 0.2) is 18.2 Å². The molecule has 5 heteroatoms. The van der Waals surface area contributed by atoms with E-state index in [-0.39, 0.29) is 36.1 Å². The first-order valence-corrected chi connectivity index (χ1v) is 6.95. The van der Waals surface area contributed by atoms with Gasteiger partial charge in [-0.15, -0.1) is 12.4 Å². The highest BCUT2D eigenvalue weighted by Crippen LogP contribution is 2.35. The van der Waals surface area contributed by atoms with Gasteiger partial charge in [-0.05, 0) is 36.0 Å². The van der Waals surface area contributed by atoms with E-state index in [2.05, 4.69) is 17.6 Å². The molecule has 1 amide bonds. The summed E-state index contributed by atoms with van der Waals surface area (Å²) in [4.78, 5) is 12.1. The summed E-state index contributed by atoms with van der Waals surface area (Å²) in [5, 5.41) is 6.21. The van der Waals surface area contributed by atoms with Gasteiger partial charge in [-0.3, -0.25) is 4.79 Å². The number of carbonyl (C=O) groups is 1. The van der Waals surface area contributed by atoms with Crippen LogP contribution in [-0.2, 0) is 11.2 Å². The van der Waals surface area contributed by atoms with Gasteiger partial charge in [-0.1, -0.05) is 19.1 Å². The lowest BCUT2D eigenvalue weighted by Crippen LogP contribution is -2.52. The molecule has 0 aromatic heterocycles. The lowest BCUT2D eigenvalue weighted by atomic mass is 9.80. The smallest absolute Gasteiger partial charge is 0.226 e. The van der Waals surface area contributed by atoms with E-state index in [1.54, 1.807) is 6.07 Å². The van der Waals surface area contributed by atoms with Crippen LogP contribution in [0, 0.1) is 17.7 Å². The fraction of sp³-hybridized carbons (Fsp3) is 0.533. The van der Waals surface area contributed by atoms with Crippen LogP contribution in [0.2, 0.25) is 0 Å². The van der Waals surface area contributed by atoms with Crippen molar-refractivity contribution >= 4 is 18.3 Å². The molecule has 1 aromatic carbocycles. The maximum Gasteiger partial charge on any atom is 0.226 e. The highest BCUT2D eigenvalue weighted by Gasteiger charge is 2.32. The SMILES string of the molecule is CC1CCc2c(F)cccc2C1NC(=O)C1CNC1.Cl. The second-order valence-corrected chi connectivity index (χ2v) is 5.67. The lowest BCUT2D eigenvalue weighted by molar-refractivity contribution is -0.127. The van der Waals surface area contributed by atoms with Gasteiger partial charge >= 0.3 is 0 Å². The zero-order valence-corrected chi connectivity index (χ0v) is 12.3. The summed E-state index contributed by atoms with van der Waals surface area (Å²) in [6.45, 7) is 3.63. The van der Waals surface area contributed by atoms with Gasteiger partial charge in [-0.2, -0.15) is 0 Å².